The molecule has 6 heteroatoms. The van der Waals surface area contributed by atoms with Gasteiger partial charge in [-0.3, -0.25) is 9.80 Å². The lowest BCUT2D eigenvalue weighted by atomic mass is 10.2. The molecule has 1 atom stereocenters. The van der Waals surface area contributed by atoms with E-state index in [2.05, 4.69) is 33.9 Å². The first kappa shape index (κ1) is 22.3. The minimum atomic E-state index is -0.502. The lowest BCUT2D eigenvalue weighted by Crippen LogP contribution is -2.37. The Hall–Kier alpha value is -1.34. The van der Waals surface area contributed by atoms with Gasteiger partial charge < -0.3 is 19.5 Å². The topological polar surface area (TPSA) is 48.4 Å². The monoisotopic (exact) mass is 405 g/mol. The number of rotatable bonds is 8. The molecule has 3 rings (SSSR count). The Morgan fingerprint density at radius 2 is 1.66 bits per heavy atom. The average molecular weight is 406 g/mol. The highest BCUT2D eigenvalue weighted by molar-refractivity contribution is 5.43. The van der Waals surface area contributed by atoms with Gasteiger partial charge in [0.25, 0.3) is 0 Å². The number of hydrogen-bond donors (Lipinski definition) is 1. The van der Waals surface area contributed by atoms with Crippen LogP contribution in [0, 0.1) is 0 Å². The Morgan fingerprint density at radius 3 is 2.41 bits per heavy atom. The first-order valence-electron chi connectivity index (χ1n) is 11.2. The van der Waals surface area contributed by atoms with Crippen LogP contribution < -0.4 is 9.47 Å². The number of β-amino-alcohol motifs (C(OH)–C–C–N with tert-alkyl or cyclic N) is 1. The summed E-state index contributed by atoms with van der Waals surface area (Å²) in [5.41, 5.74) is 1.24. The summed E-state index contributed by atoms with van der Waals surface area (Å²) in [6.07, 6.45) is 5.92. The van der Waals surface area contributed by atoms with E-state index in [1.54, 1.807) is 7.11 Å². The maximum atomic E-state index is 10.5. The van der Waals surface area contributed by atoms with Crippen molar-refractivity contribution in [3.63, 3.8) is 0 Å². The predicted molar refractivity (Wildman–Crippen MR) is 117 cm³/mol. The predicted octanol–water partition coefficient (Wildman–Crippen LogP) is 2.45. The molecule has 2 saturated heterocycles. The largest absolute Gasteiger partial charge is 0.493 e. The highest BCUT2D eigenvalue weighted by Crippen LogP contribution is 2.29. The Balaban J connectivity index is 1.52. The molecule has 164 valence electrons. The fourth-order valence-electron chi connectivity index (χ4n) is 4.30. The van der Waals surface area contributed by atoms with E-state index < -0.39 is 6.10 Å². The Morgan fingerprint density at radius 1 is 0.897 bits per heavy atom. The summed E-state index contributed by atoms with van der Waals surface area (Å²) < 4.78 is 11.5. The number of aliphatic hydroxyl groups excluding tert-OH is 1. The molecule has 2 fully saturated rings. The van der Waals surface area contributed by atoms with E-state index in [0.717, 1.165) is 50.6 Å². The summed E-state index contributed by atoms with van der Waals surface area (Å²) in [7, 11) is 3.83. The first-order chi connectivity index (χ1) is 14.1. The maximum Gasteiger partial charge on any atom is 0.161 e. The molecular weight excluding hydrogens is 366 g/mol. The van der Waals surface area contributed by atoms with E-state index in [-0.39, 0.29) is 6.61 Å². The molecule has 6 nitrogen and oxygen atoms in total. The van der Waals surface area contributed by atoms with Gasteiger partial charge >= 0.3 is 0 Å². The van der Waals surface area contributed by atoms with E-state index in [1.807, 2.05) is 6.07 Å². The van der Waals surface area contributed by atoms with Gasteiger partial charge in [-0.05, 0) is 70.2 Å². The van der Waals surface area contributed by atoms with Gasteiger partial charge in [-0.2, -0.15) is 0 Å². The zero-order valence-electron chi connectivity index (χ0n) is 18.3. The van der Waals surface area contributed by atoms with Gasteiger partial charge in [0.1, 0.15) is 12.7 Å². The smallest absolute Gasteiger partial charge is 0.161 e. The zero-order chi connectivity index (χ0) is 20.5. The van der Waals surface area contributed by atoms with E-state index >= 15 is 0 Å². The van der Waals surface area contributed by atoms with Crippen LogP contribution in [0.25, 0.3) is 0 Å². The van der Waals surface area contributed by atoms with Crippen molar-refractivity contribution in [3.05, 3.63) is 23.8 Å². The summed E-state index contributed by atoms with van der Waals surface area (Å²) >= 11 is 0. The van der Waals surface area contributed by atoms with Crippen LogP contribution in [0.2, 0.25) is 0 Å². The second-order valence-electron chi connectivity index (χ2n) is 8.60. The number of ether oxygens (including phenoxy) is 2. The van der Waals surface area contributed by atoms with E-state index in [9.17, 15) is 5.11 Å². The second-order valence-corrected chi connectivity index (χ2v) is 8.60. The maximum absolute atomic E-state index is 10.5. The molecule has 0 aromatic heterocycles. The standard InChI is InChI=1S/C23H39N3O3/c1-24-10-7-13-26(15-14-24)18-21(27)19-29-23-16-20(8-9-22(23)28-2)17-25-11-5-3-4-6-12-25/h8-9,16,21,27H,3-7,10-15,17-19H2,1-2H3. The third-order valence-corrected chi connectivity index (χ3v) is 6.05. The van der Waals surface area contributed by atoms with E-state index in [1.165, 1.54) is 44.3 Å². The third-order valence-electron chi connectivity index (χ3n) is 6.05. The van der Waals surface area contributed by atoms with Crippen molar-refractivity contribution in [2.45, 2.75) is 44.8 Å². The molecule has 0 amide bonds. The van der Waals surface area contributed by atoms with Crippen LogP contribution in [0.1, 0.15) is 37.7 Å². The van der Waals surface area contributed by atoms with E-state index in [0.29, 0.717) is 6.54 Å². The molecule has 2 aliphatic rings. The van der Waals surface area contributed by atoms with Crippen molar-refractivity contribution in [3.8, 4) is 11.5 Å². The minimum Gasteiger partial charge on any atom is -0.493 e. The SMILES string of the molecule is COc1ccc(CN2CCCCCC2)cc1OCC(O)CN1CCCN(C)CC1. The van der Waals surface area contributed by atoms with Gasteiger partial charge in [-0.1, -0.05) is 18.9 Å². The van der Waals surface area contributed by atoms with Crippen LogP contribution >= 0.6 is 0 Å². The number of likely N-dealkylation sites (tertiary alicyclic amines) is 1. The summed E-state index contributed by atoms with van der Waals surface area (Å²) in [5, 5.41) is 10.5. The number of methoxy groups -OCH3 is 1. The highest BCUT2D eigenvalue weighted by atomic mass is 16.5. The molecule has 2 aliphatic heterocycles. The van der Waals surface area contributed by atoms with Crippen molar-refractivity contribution in [1.29, 1.82) is 0 Å². The minimum absolute atomic E-state index is 0.288. The molecule has 0 saturated carbocycles. The van der Waals surface area contributed by atoms with Gasteiger partial charge in [0.15, 0.2) is 11.5 Å². The molecule has 1 aromatic rings. The average Bonchev–Trinajstić information content (AvgIpc) is 3.09. The fourth-order valence-corrected chi connectivity index (χ4v) is 4.30. The van der Waals surface area contributed by atoms with Crippen LogP contribution in [0.3, 0.4) is 0 Å². The summed E-state index contributed by atoms with van der Waals surface area (Å²) in [5.74, 6) is 1.46. The lowest BCUT2D eigenvalue weighted by Gasteiger charge is -2.24. The Labute approximate surface area is 176 Å². The van der Waals surface area contributed by atoms with Crippen LogP contribution in [0.5, 0.6) is 11.5 Å². The van der Waals surface area contributed by atoms with Crippen LogP contribution in [-0.2, 0) is 6.54 Å². The van der Waals surface area contributed by atoms with Crippen molar-refractivity contribution in [2.24, 2.45) is 0 Å². The van der Waals surface area contributed by atoms with Gasteiger partial charge in [-0.25, -0.2) is 0 Å². The number of likely N-dealkylation sites (N-methyl/N-ethyl adjacent to an activating group) is 1. The third kappa shape index (κ3) is 7.45. The normalized spacial score (nSPS) is 21.3. The molecule has 1 N–H and O–H groups in total. The molecular formula is C23H39N3O3. The molecule has 0 aliphatic carbocycles. The highest BCUT2D eigenvalue weighted by Gasteiger charge is 2.17. The second kappa shape index (κ2) is 11.7. The van der Waals surface area contributed by atoms with Crippen LogP contribution in [0.4, 0.5) is 0 Å². The molecule has 0 spiro atoms. The molecule has 29 heavy (non-hydrogen) atoms. The van der Waals surface area contributed by atoms with Crippen molar-refractivity contribution >= 4 is 0 Å². The van der Waals surface area contributed by atoms with E-state index in [4.69, 9.17) is 9.47 Å². The molecule has 1 unspecified atom stereocenters. The zero-order valence-corrected chi connectivity index (χ0v) is 18.3. The lowest BCUT2D eigenvalue weighted by molar-refractivity contribution is 0.0685. The quantitative estimate of drug-likeness (QED) is 0.717. The molecule has 1 aromatic carbocycles. The fraction of sp³-hybridized carbons (Fsp3) is 0.739. The number of aliphatic hydroxyl groups is 1. The van der Waals surface area contributed by atoms with Crippen LogP contribution in [-0.4, -0.2) is 92.5 Å². The number of nitrogens with zero attached hydrogens (tertiary/aromatic N) is 3. The van der Waals surface area contributed by atoms with Crippen molar-refractivity contribution in [2.75, 3.05) is 66.6 Å². The molecule has 0 bridgehead atoms. The summed E-state index contributed by atoms with van der Waals surface area (Å²) in [6, 6.07) is 6.19. The summed E-state index contributed by atoms with van der Waals surface area (Å²) in [4.78, 5) is 7.22. The van der Waals surface area contributed by atoms with Gasteiger partial charge in [-0.15, -0.1) is 0 Å². The first-order valence-corrected chi connectivity index (χ1v) is 11.2. The molecule has 0 radical (unpaired) electrons. The number of hydrogen-bond acceptors (Lipinski definition) is 6. The molecule has 2 heterocycles. The van der Waals surface area contributed by atoms with Crippen LogP contribution in [0.15, 0.2) is 18.2 Å². The van der Waals surface area contributed by atoms with Gasteiger partial charge in [0, 0.05) is 26.2 Å². The number of benzene rings is 1. The Bertz CT molecular complexity index is 605. The van der Waals surface area contributed by atoms with Crippen molar-refractivity contribution in [1.82, 2.24) is 14.7 Å². The van der Waals surface area contributed by atoms with Crippen molar-refractivity contribution < 1.29 is 14.6 Å². The van der Waals surface area contributed by atoms with Gasteiger partial charge in [0.2, 0.25) is 0 Å². The summed E-state index contributed by atoms with van der Waals surface area (Å²) in [6.45, 7) is 8.46. The van der Waals surface area contributed by atoms with Gasteiger partial charge in [0.05, 0.1) is 7.11 Å². The Kier molecular flexibility index (Phi) is 9.05.